The van der Waals surface area contributed by atoms with E-state index in [2.05, 4.69) is 0 Å². The zero-order valence-electron chi connectivity index (χ0n) is 13.0. The maximum absolute atomic E-state index is 12.8. The monoisotopic (exact) mass is 297 g/mol. The van der Waals surface area contributed by atoms with E-state index >= 15 is 0 Å². The second-order valence-corrected chi connectivity index (χ2v) is 8.10. The molecule has 5 heteroatoms. The van der Waals surface area contributed by atoms with Crippen molar-refractivity contribution >= 4 is 10.0 Å². The molecule has 1 N–H and O–H groups in total. The molecule has 1 aromatic carbocycles. The van der Waals surface area contributed by atoms with Crippen LogP contribution < -0.4 is 0 Å². The molecule has 4 nitrogen and oxygen atoms in total. The van der Waals surface area contributed by atoms with E-state index in [9.17, 15) is 13.5 Å². The number of benzene rings is 1. The van der Waals surface area contributed by atoms with E-state index in [1.807, 2.05) is 34.6 Å². The van der Waals surface area contributed by atoms with Crippen molar-refractivity contribution in [3.05, 3.63) is 27.8 Å². The van der Waals surface area contributed by atoms with Crippen LogP contribution in [0, 0.1) is 34.6 Å². The highest BCUT2D eigenvalue weighted by molar-refractivity contribution is 7.89. The summed E-state index contributed by atoms with van der Waals surface area (Å²) in [6.07, 6.45) is 0. The molecule has 0 spiro atoms. The SMILES string of the molecule is Cc1c(C)c(C)c(S(=O)(=O)N2CC(C)(O)C2)c(C)c1C. The molecule has 0 aromatic heterocycles. The number of nitrogens with zero attached hydrogens (tertiary/aromatic N) is 1. The van der Waals surface area contributed by atoms with E-state index in [1.165, 1.54) is 4.31 Å². The van der Waals surface area contributed by atoms with Crippen molar-refractivity contribution in [1.82, 2.24) is 4.31 Å². The molecular weight excluding hydrogens is 274 g/mol. The van der Waals surface area contributed by atoms with Crippen molar-refractivity contribution in [3.8, 4) is 0 Å². The van der Waals surface area contributed by atoms with Gasteiger partial charge in [0, 0.05) is 13.1 Å². The number of rotatable bonds is 2. The highest BCUT2D eigenvalue weighted by Crippen LogP contribution is 2.34. The van der Waals surface area contributed by atoms with Gasteiger partial charge in [0.1, 0.15) is 0 Å². The van der Waals surface area contributed by atoms with Crippen LogP contribution in [0.4, 0.5) is 0 Å². The van der Waals surface area contributed by atoms with Crippen LogP contribution in [-0.2, 0) is 10.0 Å². The second kappa shape index (κ2) is 4.55. The third-order valence-corrected chi connectivity index (χ3v) is 6.63. The quantitative estimate of drug-likeness (QED) is 0.908. The first-order valence-corrected chi connectivity index (χ1v) is 8.22. The molecule has 0 saturated carbocycles. The van der Waals surface area contributed by atoms with Crippen molar-refractivity contribution in [2.45, 2.75) is 52.0 Å². The Balaban J connectivity index is 2.59. The lowest BCUT2D eigenvalue weighted by atomic mass is 9.95. The summed E-state index contributed by atoms with van der Waals surface area (Å²) in [5.41, 5.74) is 3.94. The van der Waals surface area contributed by atoms with E-state index in [0.717, 1.165) is 27.8 Å². The lowest BCUT2D eigenvalue weighted by molar-refractivity contribution is -0.0426. The Morgan fingerprint density at radius 1 is 0.900 bits per heavy atom. The van der Waals surface area contributed by atoms with E-state index in [1.54, 1.807) is 6.92 Å². The van der Waals surface area contributed by atoms with Crippen LogP contribution in [0.1, 0.15) is 34.7 Å². The molecule has 20 heavy (non-hydrogen) atoms. The summed E-state index contributed by atoms with van der Waals surface area (Å²) in [6, 6.07) is 0. The Morgan fingerprint density at radius 3 is 1.60 bits per heavy atom. The Bertz CT molecular complexity index is 638. The molecule has 1 fully saturated rings. The van der Waals surface area contributed by atoms with Gasteiger partial charge in [0.25, 0.3) is 0 Å². The zero-order valence-corrected chi connectivity index (χ0v) is 13.8. The lowest BCUT2D eigenvalue weighted by Crippen LogP contribution is -2.61. The average molecular weight is 297 g/mol. The van der Waals surface area contributed by atoms with Gasteiger partial charge in [-0.05, 0) is 69.4 Å². The smallest absolute Gasteiger partial charge is 0.243 e. The van der Waals surface area contributed by atoms with Crippen LogP contribution in [-0.4, -0.2) is 36.5 Å². The van der Waals surface area contributed by atoms with Crippen LogP contribution in [0.2, 0.25) is 0 Å². The second-order valence-electron chi connectivity index (χ2n) is 6.22. The highest BCUT2D eigenvalue weighted by atomic mass is 32.2. The van der Waals surface area contributed by atoms with Crippen LogP contribution in [0.5, 0.6) is 0 Å². The average Bonchev–Trinajstić information content (AvgIpc) is 2.31. The van der Waals surface area contributed by atoms with E-state index in [4.69, 9.17) is 0 Å². The van der Waals surface area contributed by atoms with Gasteiger partial charge in [-0.25, -0.2) is 8.42 Å². The van der Waals surface area contributed by atoms with Crippen LogP contribution in [0.3, 0.4) is 0 Å². The van der Waals surface area contributed by atoms with E-state index in [-0.39, 0.29) is 13.1 Å². The fourth-order valence-electron chi connectivity index (χ4n) is 2.87. The molecule has 0 bridgehead atoms. The third-order valence-electron chi connectivity index (χ3n) is 4.56. The summed E-state index contributed by atoms with van der Waals surface area (Å²) in [7, 11) is -3.52. The van der Waals surface area contributed by atoms with Crippen molar-refractivity contribution in [1.29, 1.82) is 0 Å². The highest BCUT2D eigenvalue weighted by Gasteiger charge is 2.45. The van der Waals surface area contributed by atoms with Crippen LogP contribution in [0.25, 0.3) is 0 Å². The van der Waals surface area contributed by atoms with E-state index in [0.29, 0.717) is 4.90 Å². The molecule has 0 atom stereocenters. The minimum atomic E-state index is -3.52. The van der Waals surface area contributed by atoms with Gasteiger partial charge in [-0.2, -0.15) is 4.31 Å². The van der Waals surface area contributed by atoms with Gasteiger partial charge in [0.15, 0.2) is 0 Å². The number of sulfonamides is 1. The third kappa shape index (κ3) is 2.18. The van der Waals surface area contributed by atoms with Gasteiger partial charge in [-0.1, -0.05) is 0 Å². The Kier molecular flexibility index (Phi) is 3.52. The van der Waals surface area contributed by atoms with Gasteiger partial charge in [0.05, 0.1) is 10.5 Å². The van der Waals surface area contributed by atoms with Gasteiger partial charge < -0.3 is 5.11 Å². The van der Waals surface area contributed by atoms with Crippen molar-refractivity contribution in [2.75, 3.05) is 13.1 Å². The summed E-state index contributed by atoms with van der Waals surface area (Å²) < 4.78 is 26.9. The lowest BCUT2D eigenvalue weighted by Gasteiger charge is -2.43. The molecule has 0 aliphatic carbocycles. The molecule has 1 heterocycles. The van der Waals surface area contributed by atoms with Crippen molar-refractivity contribution in [3.63, 3.8) is 0 Å². The molecule has 112 valence electrons. The van der Waals surface area contributed by atoms with Crippen LogP contribution in [0.15, 0.2) is 4.90 Å². The van der Waals surface area contributed by atoms with Crippen molar-refractivity contribution < 1.29 is 13.5 Å². The molecule has 1 aliphatic heterocycles. The van der Waals surface area contributed by atoms with Crippen LogP contribution >= 0.6 is 0 Å². The normalized spacial score (nSPS) is 18.9. The number of aliphatic hydroxyl groups is 1. The zero-order chi connectivity index (χ0) is 15.5. The molecule has 1 aliphatic rings. The van der Waals surface area contributed by atoms with Gasteiger partial charge in [-0.3, -0.25) is 0 Å². The first-order valence-electron chi connectivity index (χ1n) is 6.78. The van der Waals surface area contributed by atoms with Gasteiger partial charge in [-0.15, -0.1) is 0 Å². The minimum absolute atomic E-state index is 0.167. The first kappa shape index (κ1) is 15.5. The molecule has 1 aromatic rings. The fraction of sp³-hybridized carbons (Fsp3) is 0.600. The van der Waals surface area contributed by atoms with Crippen molar-refractivity contribution in [2.24, 2.45) is 0 Å². The number of hydrogen-bond acceptors (Lipinski definition) is 3. The molecule has 0 radical (unpaired) electrons. The molecule has 1 saturated heterocycles. The minimum Gasteiger partial charge on any atom is -0.387 e. The molecular formula is C15H23NO3S. The maximum Gasteiger partial charge on any atom is 0.243 e. The topological polar surface area (TPSA) is 57.6 Å². The Hall–Kier alpha value is -0.910. The molecule has 0 unspecified atom stereocenters. The Morgan fingerprint density at radius 2 is 1.25 bits per heavy atom. The van der Waals surface area contributed by atoms with E-state index < -0.39 is 15.6 Å². The predicted octanol–water partition coefficient (Wildman–Crippen LogP) is 1.98. The summed E-state index contributed by atoms with van der Waals surface area (Å²) >= 11 is 0. The summed E-state index contributed by atoms with van der Waals surface area (Å²) in [4.78, 5) is 0.411. The summed E-state index contributed by atoms with van der Waals surface area (Å²) in [6.45, 7) is 11.7. The maximum atomic E-state index is 12.8. The number of hydrogen-bond donors (Lipinski definition) is 1. The standard InChI is InChI=1S/C15H23NO3S/c1-9-10(2)12(4)14(13(5)11(9)3)20(18,19)16-7-15(6,17)8-16/h17H,7-8H2,1-6H3. The predicted molar refractivity (Wildman–Crippen MR) is 79.5 cm³/mol. The fourth-order valence-corrected chi connectivity index (χ4v) is 5.10. The summed E-state index contributed by atoms with van der Waals surface area (Å²) in [5, 5.41) is 9.78. The molecule has 2 rings (SSSR count). The largest absolute Gasteiger partial charge is 0.387 e. The first-order chi connectivity index (χ1) is 8.99. The summed E-state index contributed by atoms with van der Waals surface area (Å²) in [5.74, 6) is 0. The number of β-amino-alcohol motifs (C(OH)–C–C–N with tert-alkyl or cyclic N) is 1. The molecule has 0 amide bonds. The van der Waals surface area contributed by atoms with Gasteiger partial charge >= 0.3 is 0 Å². The Labute approximate surface area is 121 Å². The van der Waals surface area contributed by atoms with Gasteiger partial charge in [0.2, 0.25) is 10.0 Å².